The normalized spacial score (nSPS) is 12.6. The van der Waals surface area contributed by atoms with Gasteiger partial charge in [0, 0.05) is 18.0 Å². The number of carbonyl (C=O) groups excluding carboxylic acids is 2. The largest absolute Gasteiger partial charge is 0.497 e. The van der Waals surface area contributed by atoms with Gasteiger partial charge in [0.25, 0.3) is 0 Å². The Kier molecular flexibility index (Phi) is 7.25. The summed E-state index contributed by atoms with van der Waals surface area (Å²) in [7, 11) is 3.01. The lowest BCUT2D eigenvalue weighted by atomic mass is 9.96. The first-order chi connectivity index (χ1) is 13.2. The number of amides is 2. The maximum atomic E-state index is 12.1. The Morgan fingerprint density at radius 1 is 1.07 bits per heavy atom. The summed E-state index contributed by atoms with van der Waals surface area (Å²) in [5.74, 6) is -0.681. The third-order valence-electron chi connectivity index (χ3n) is 3.99. The second kappa shape index (κ2) is 9.43. The van der Waals surface area contributed by atoms with Gasteiger partial charge in [-0.1, -0.05) is 23.7 Å². The number of nitrogens with one attached hydrogen (secondary N) is 2. The molecule has 0 spiro atoms. The molecule has 2 amide bonds. The minimum Gasteiger partial charge on any atom is -0.497 e. The lowest BCUT2D eigenvalue weighted by molar-refractivity contribution is -0.136. The van der Waals surface area contributed by atoms with Crippen molar-refractivity contribution in [2.45, 2.75) is 18.9 Å². The van der Waals surface area contributed by atoms with Gasteiger partial charge in [0.1, 0.15) is 11.5 Å². The fourth-order valence-electron chi connectivity index (χ4n) is 2.55. The van der Waals surface area contributed by atoms with Crippen molar-refractivity contribution < 1.29 is 24.2 Å². The number of methoxy groups -OCH3 is 2. The van der Waals surface area contributed by atoms with E-state index in [1.54, 1.807) is 38.3 Å². The summed E-state index contributed by atoms with van der Waals surface area (Å²) < 4.78 is 10.2. The van der Waals surface area contributed by atoms with Crippen LogP contribution in [0.5, 0.6) is 11.5 Å². The highest BCUT2D eigenvalue weighted by Crippen LogP contribution is 2.27. The van der Waals surface area contributed by atoms with Crippen molar-refractivity contribution in [3.63, 3.8) is 0 Å². The van der Waals surface area contributed by atoms with Gasteiger partial charge in [0.15, 0.2) is 0 Å². The summed E-state index contributed by atoms with van der Waals surface area (Å²) >= 11 is 5.91. The smallest absolute Gasteiger partial charge is 0.313 e. The Bertz CT molecular complexity index is 837. The van der Waals surface area contributed by atoms with Crippen molar-refractivity contribution in [1.82, 2.24) is 5.32 Å². The van der Waals surface area contributed by atoms with Crippen molar-refractivity contribution in [2.75, 3.05) is 26.1 Å². The second-order valence-electron chi connectivity index (χ2n) is 6.50. The lowest BCUT2D eigenvalue weighted by Gasteiger charge is -2.23. The monoisotopic (exact) mass is 406 g/mol. The molecular formula is C20H23ClN2O5. The Hall–Kier alpha value is -2.77. The van der Waals surface area contributed by atoms with E-state index < -0.39 is 17.4 Å². The van der Waals surface area contributed by atoms with Crippen LogP contribution in [0, 0.1) is 0 Å². The molecule has 150 valence electrons. The zero-order valence-electron chi connectivity index (χ0n) is 15.9. The van der Waals surface area contributed by atoms with Gasteiger partial charge in [-0.2, -0.15) is 0 Å². The molecule has 0 radical (unpaired) electrons. The molecular weight excluding hydrogens is 384 g/mol. The van der Waals surface area contributed by atoms with Crippen molar-refractivity contribution in [3.05, 3.63) is 53.1 Å². The van der Waals surface area contributed by atoms with Gasteiger partial charge >= 0.3 is 11.8 Å². The molecule has 0 aliphatic rings. The summed E-state index contributed by atoms with van der Waals surface area (Å²) in [6, 6.07) is 11.9. The second-order valence-corrected chi connectivity index (χ2v) is 6.94. The van der Waals surface area contributed by atoms with Crippen LogP contribution in [0.25, 0.3) is 0 Å². The Labute approximate surface area is 168 Å². The predicted octanol–water partition coefficient (Wildman–Crippen LogP) is 2.41. The number of hydrogen-bond donors (Lipinski definition) is 3. The van der Waals surface area contributed by atoms with Crippen LogP contribution < -0.4 is 20.1 Å². The number of ether oxygens (including phenoxy) is 2. The zero-order chi connectivity index (χ0) is 20.7. The molecule has 2 aromatic rings. The van der Waals surface area contributed by atoms with E-state index in [0.717, 1.165) is 5.56 Å². The molecule has 2 aromatic carbocycles. The third kappa shape index (κ3) is 6.14. The van der Waals surface area contributed by atoms with E-state index in [2.05, 4.69) is 10.6 Å². The molecule has 0 aliphatic heterocycles. The fourth-order valence-corrected chi connectivity index (χ4v) is 2.73. The van der Waals surface area contributed by atoms with Crippen molar-refractivity contribution >= 4 is 29.1 Å². The first kappa shape index (κ1) is 21.5. The zero-order valence-corrected chi connectivity index (χ0v) is 16.7. The number of rotatable bonds is 7. The van der Waals surface area contributed by atoms with Crippen LogP contribution in [0.1, 0.15) is 12.5 Å². The molecule has 0 heterocycles. The van der Waals surface area contributed by atoms with Crippen LogP contribution in [0.3, 0.4) is 0 Å². The number of carbonyl (C=O) groups is 2. The van der Waals surface area contributed by atoms with Crippen molar-refractivity contribution in [2.24, 2.45) is 0 Å². The van der Waals surface area contributed by atoms with E-state index in [9.17, 15) is 14.7 Å². The van der Waals surface area contributed by atoms with Gasteiger partial charge in [0.05, 0.1) is 25.5 Å². The molecule has 1 unspecified atom stereocenters. The molecule has 0 aliphatic carbocycles. The first-order valence-electron chi connectivity index (χ1n) is 8.52. The Morgan fingerprint density at radius 2 is 1.75 bits per heavy atom. The molecule has 28 heavy (non-hydrogen) atoms. The molecule has 3 N–H and O–H groups in total. The lowest BCUT2D eigenvalue weighted by Crippen LogP contribution is -2.45. The molecule has 2 rings (SSSR count). The molecule has 8 heteroatoms. The van der Waals surface area contributed by atoms with E-state index in [1.165, 1.54) is 13.2 Å². The Balaban J connectivity index is 1.92. The van der Waals surface area contributed by atoms with Gasteiger partial charge in [0.2, 0.25) is 0 Å². The van der Waals surface area contributed by atoms with E-state index in [0.29, 0.717) is 22.9 Å². The number of benzene rings is 2. The minimum atomic E-state index is -1.24. The summed E-state index contributed by atoms with van der Waals surface area (Å²) in [5, 5.41) is 15.8. The van der Waals surface area contributed by atoms with Crippen LogP contribution in [0.4, 0.5) is 5.69 Å². The number of anilines is 1. The summed E-state index contributed by atoms with van der Waals surface area (Å²) in [4.78, 5) is 24.2. The molecule has 0 saturated heterocycles. The topological polar surface area (TPSA) is 96.9 Å². The highest BCUT2D eigenvalue weighted by atomic mass is 35.5. The van der Waals surface area contributed by atoms with E-state index in [-0.39, 0.29) is 12.2 Å². The quantitative estimate of drug-likeness (QED) is 0.613. The molecule has 0 bridgehead atoms. The van der Waals surface area contributed by atoms with Gasteiger partial charge in [-0.3, -0.25) is 9.59 Å². The van der Waals surface area contributed by atoms with Crippen LogP contribution in [-0.4, -0.2) is 43.3 Å². The highest BCUT2D eigenvalue weighted by Gasteiger charge is 2.24. The van der Waals surface area contributed by atoms with Crippen molar-refractivity contribution in [1.29, 1.82) is 0 Å². The van der Waals surface area contributed by atoms with E-state index in [4.69, 9.17) is 21.1 Å². The average molecular weight is 407 g/mol. The van der Waals surface area contributed by atoms with Crippen LogP contribution in [0.2, 0.25) is 5.02 Å². The molecule has 7 nitrogen and oxygen atoms in total. The average Bonchev–Trinajstić information content (AvgIpc) is 2.66. The molecule has 0 fully saturated rings. The fraction of sp³-hybridized carbons (Fsp3) is 0.300. The van der Waals surface area contributed by atoms with Crippen LogP contribution in [-0.2, 0) is 16.0 Å². The molecule has 0 aromatic heterocycles. The predicted molar refractivity (Wildman–Crippen MR) is 107 cm³/mol. The SMILES string of the molecule is COc1ccc(CC(C)(O)CNC(=O)C(=O)Nc2cc(Cl)ccc2OC)cc1. The first-order valence-corrected chi connectivity index (χ1v) is 8.90. The van der Waals surface area contributed by atoms with Crippen LogP contribution >= 0.6 is 11.6 Å². The summed E-state index contributed by atoms with van der Waals surface area (Å²) in [6.45, 7) is 1.48. The molecule has 1 atom stereocenters. The highest BCUT2D eigenvalue weighted by molar-refractivity contribution is 6.40. The van der Waals surface area contributed by atoms with Gasteiger partial charge in [-0.15, -0.1) is 0 Å². The van der Waals surface area contributed by atoms with Gasteiger partial charge in [-0.25, -0.2) is 0 Å². The Morgan fingerprint density at radius 3 is 2.36 bits per heavy atom. The standard InChI is InChI=1S/C20H23ClN2O5/c1-20(26,11-13-4-7-15(27-2)8-5-13)12-22-18(24)19(25)23-16-10-14(21)6-9-17(16)28-3/h4-10,26H,11-12H2,1-3H3,(H,22,24)(H,23,25). The number of halogens is 1. The van der Waals surface area contributed by atoms with Gasteiger partial charge in [-0.05, 0) is 42.8 Å². The van der Waals surface area contributed by atoms with Crippen molar-refractivity contribution in [3.8, 4) is 11.5 Å². The maximum absolute atomic E-state index is 12.1. The molecule has 0 saturated carbocycles. The van der Waals surface area contributed by atoms with E-state index >= 15 is 0 Å². The summed E-state index contributed by atoms with van der Waals surface area (Å²) in [5.41, 5.74) is -0.0912. The van der Waals surface area contributed by atoms with Gasteiger partial charge < -0.3 is 25.2 Å². The summed E-state index contributed by atoms with van der Waals surface area (Å²) in [6.07, 6.45) is 0.293. The van der Waals surface area contributed by atoms with E-state index in [1.807, 2.05) is 12.1 Å². The third-order valence-corrected chi connectivity index (χ3v) is 4.22. The maximum Gasteiger partial charge on any atom is 0.313 e. The number of aliphatic hydroxyl groups is 1. The minimum absolute atomic E-state index is 0.0992. The number of hydrogen-bond acceptors (Lipinski definition) is 5. The van der Waals surface area contributed by atoms with Crippen LogP contribution in [0.15, 0.2) is 42.5 Å².